The highest BCUT2D eigenvalue weighted by Gasteiger charge is 2.15. The van der Waals surface area contributed by atoms with Gasteiger partial charge in [0.25, 0.3) is 0 Å². The van der Waals surface area contributed by atoms with E-state index in [0.29, 0.717) is 11.3 Å². The van der Waals surface area contributed by atoms with Crippen molar-refractivity contribution in [1.29, 1.82) is 5.26 Å². The lowest BCUT2D eigenvalue weighted by Crippen LogP contribution is -2.08. The molecule has 84 valence electrons. The van der Waals surface area contributed by atoms with Crippen LogP contribution in [0.3, 0.4) is 0 Å². The summed E-state index contributed by atoms with van der Waals surface area (Å²) in [6.07, 6.45) is 0. The molecule has 1 aromatic carbocycles. The quantitative estimate of drug-likeness (QED) is 0.762. The lowest BCUT2D eigenvalue weighted by Gasteiger charge is -2.09. The number of nitrogens with zero attached hydrogens (tertiary/aromatic N) is 1. The Kier molecular flexibility index (Phi) is 3.86. The Morgan fingerprint density at radius 2 is 2.19 bits per heavy atom. The second-order valence-corrected chi connectivity index (χ2v) is 3.02. The van der Waals surface area contributed by atoms with E-state index >= 15 is 0 Å². The van der Waals surface area contributed by atoms with Gasteiger partial charge in [-0.1, -0.05) is 0 Å². The van der Waals surface area contributed by atoms with Crippen molar-refractivity contribution in [3.05, 3.63) is 28.8 Å². The minimum absolute atomic E-state index is 0.200. The van der Waals surface area contributed by atoms with Crippen molar-refractivity contribution in [3.63, 3.8) is 0 Å². The zero-order chi connectivity index (χ0) is 12.1. The Labute approximate surface area is 93.4 Å². The molecule has 0 amide bonds. The van der Waals surface area contributed by atoms with E-state index in [1.54, 1.807) is 0 Å². The van der Waals surface area contributed by atoms with Gasteiger partial charge in [0, 0.05) is 12.1 Å². The summed E-state index contributed by atoms with van der Waals surface area (Å²) < 4.78 is 9.64. The zero-order valence-corrected chi connectivity index (χ0v) is 9.11. The molecule has 0 radical (unpaired) electrons. The highest BCUT2D eigenvalue weighted by atomic mass is 16.5. The van der Waals surface area contributed by atoms with Gasteiger partial charge < -0.3 is 15.2 Å². The first kappa shape index (κ1) is 12.0. The van der Waals surface area contributed by atoms with Crippen molar-refractivity contribution in [3.8, 4) is 11.8 Å². The van der Waals surface area contributed by atoms with E-state index in [9.17, 15) is 4.79 Å². The van der Waals surface area contributed by atoms with E-state index < -0.39 is 5.97 Å². The zero-order valence-electron chi connectivity index (χ0n) is 9.11. The predicted molar refractivity (Wildman–Crippen MR) is 56.9 cm³/mol. The van der Waals surface area contributed by atoms with Crippen LogP contribution < -0.4 is 10.5 Å². The SMILES string of the molecule is COC(=O)c1cc(CN)c(OC)cc1C#N. The normalized spacial score (nSPS) is 9.38. The Bertz CT molecular complexity index is 449. The highest BCUT2D eigenvalue weighted by molar-refractivity contribution is 5.92. The number of carbonyl (C=O) groups is 1. The van der Waals surface area contributed by atoms with Gasteiger partial charge in [0.1, 0.15) is 11.8 Å². The minimum atomic E-state index is -0.561. The summed E-state index contributed by atoms with van der Waals surface area (Å²) in [7, 11) is 2.74. The van der Waals surface area contributed by atoms with Crippen LogP contribution >= 0.6 is 0 Å². The summed E-state index contributed by atoms with van der Waals surface area (Å²) in [6.45, 7) is 0.221. The van der Waals surface area contributed by atoms with E-state index in [1.165, 1.54) is 26.4 Å². The molecule has 5 nitrogen and oxygen atoms in total. The summed E-state index contributed by atoms with van der Waals surface area (Å²) >= 11 is 0. The van der Waals surface area contributed by atoms with Gasteiger partial charge in [0.05, 0.1) is 25.3 Å². The average molecular weight is 220 g/mol. The van der Waals surface area contributed by atoms with Crippen molar-refractivity contribution in [2.24, 2.45) is 5.73 Å². The van der Waals surface area contributed by atoms with Gasteiger partial charge >= 0.3 is 5.97 Å². The van der Waals surface area contributed by atoms with Crippen LogP contribution in [-0.4, -0.2) is 20.2 Å². The van der Waals surface area contributed by atoms with E-state index in [4.69, 9.17) is 15.7 Å². The third-order valence-electron chi connectivity index (χ3n) is 2.17. The molecule has 2 N–H and O–H groups in total. The van der Waals surface area contributed by atoms with E-state index in [2.05, 4.69) is 4.74 Å². The largest absolute Gasteiger partial charge is 0.496 e. The van der Waals surface area contributed by atoms with Crippen LogP contribution in [-0.2, 0) is 11.3 Å². The highest BCUT2D eigenvalue weighted by Crippen LogP contribution is 2.23. The summed E-state index contributed by atoms with van der Waals surface area (Å²) in [5.41, 5.74) is 6.58. The Balaban J connectivity index is 3.39. The van der Waals surface area contributed by atoms with E-state index in [1.807, 2.05) is 6.07 Å². The van der Waals surface area contributed by atoms with Gasteiger partial charge in [-0.25, -0.2) is 4.79 Å². The maximum atomic E-state index is 11.4. The molecule has 0 bridgehead atoms. The number of rotatable bonds is 3. The fourth-order valence-electron chi connectivity index (χ4n) is 1.35. The van der Waals surface area contributed by atoms with Gasteiger partial charge in [-0.15, -0.1) is 0 Å². The molecule has 0 fully saturated rings. The summed E-state index contributed by atoms with van der Waals surface area (Å²) in [6, 6.07) is 4.91. The topological polar surface area (TPSA) is 85.3 Å². The van der Waals surface area contributed by atoms with Gasteiger partial charge in [-0.3, -0.25) is 0 Å². The van der Waals surface area contributed by atoms with Crippen molar-refractivity contribution in [1.82, 2.24) is 0 Å². The number of benzene rings is 1. The summed E-state index contributed by atoms with van der Waals surface area (Å²) in [5.74, 6) is -0.0689. The van der Waals surface area contributed by atoms with Crippen LogP contribution in [0.4, 0.5) is 0 Å². The van der Waals surface area contributed by atoms with E-state index in [-0.39, 0.29) is 17.7 Å². The van der Waals surface area contributed by atoms with Crippen molar-refractivity contribution in [2.75, 3.05) is 14.2 Å². The Morgan fingerprint density at radius 3 is 2.62 bits per heavy atom. The predicted octanol–water partition coefficient (Wildman–Crippen LogP) is 0.812. The molecule has 0 heterocycles. The number of nitriles is 1. The molecule has 0 spiro atoms. The molecule has 16 heavy (non-hydrogen) atoms. The van der Waals surface area contributed by atoms with Gasteiger partial charge in [-0.05, 0) is 12.1 Å². The molecule has 0 saturated carbocycles. The number of ether oxygens (including phenoxy) is 2. The molecule has 1 rings (SSSR count). The molecule has 0 aliphatic heterocycles. The number of hydrogen-bond donors (Lipinski definition) is 1. The number of methoxy groups -OCH3 is 2. The first-order valence-corrected chi connectivity index (χ1v) is 4.57. The monoisotopic (exact) mass is 220 g/mol. The molecule has 0 aromatic heterocycles. The maximum absolute atomic E-state index is 11.4. The molecule has 5 heteroatoms. The van der Waals surface area contributed by atoms with E-state index in [0.717, 1.165) is 0 Å². The number of nitrogens with two attached hydrogens (primary N) is 1. The molecular formula is C11H12N2O3. The summed E-state index contributed by atoms with van der Waals surface area (Å²) in [4.78, 5) is 11.4. The smallest absolute Gasteiger partial charge is 0.339 e. The van der Waals surface area contributed by atoms with Crippen molar-refractivity contribution in [2.45, 2.75) is 6.54 Å². The van der Waals surface area contributed by atoms with Crippen LogP contribution in [0.15, 0.2) is 12.1 Å². The molecule has 0 aliphatic carbocycles. The Morgan fingerprint density at radius 1 is 1.50 bits per heavy atom. The van der Waals surface area contributed by atoms with Gasteiger partial charge in [-0.2, -0.15) is 5.26 Å². The van der Waals surface area contributed by atoms with Gasteiger partial charge in [0.2, 0.25) is 0 Å². The molecule has 0 saturated heterocycles. The maximum Gasteiger partial charge on any atom is 0.339 e. The van der Waals surface area contributed by atoms with Crippen LogP contribution in [0, 0.1) is 11.3 Å². The van der Waals surface area contributed by atoms with Crippen molar-refractivity contribution < 1.29 is 14.3 Å². The standard InChI is InChI=1S/C11H12N2O3/c1-15-10-4-7(5-12)9(11(14)16-2)3-8(10)6-13/h3-4H,6,13H2,1-2H3. The third kappa shape index (κ3) is 2.12. The fourth-order valence-corrected chi connectivity index (χ4v) is 1.35. The second kappa shape index (κ2) is 5.14. The average Bonchev–Trinajstić information content (AvgIpc) is 2.35. The first-order chi connectivity index (χ1) is 7.67. The molecule has 1 aromatic rings. The number of carbonyl (C=O) groups excluding carboxylic acids is 1. The Hall–Kier alpha value is -2.06. The van der Waals surface area contributed by atoms with Crippen LogP contribution in [0.5, 0.6) is 5.75 Å². The third-order valence-corrected chi connectivity index (χ3v) is 2.17. The molecule has 0 unspecified atom stereocenters. The minimum Gasteiger partial charge on any atom is -0.496 e. The molecule has 0 atom stereocenters. The van der Waals surface area contributed by atoms with Crippen LogP contribution in [0.25, 0.3) is 0 Å². The van der Waals surface area contributed by atoms with Crippen molar-refractivity contribution >= 4 is 5.97 Å². The lowest BCUT2D eigenvalue weighted by molar-refractivity contribution is 0.0600. The summed E-state index contributed by atoms with van der Waals surface area (Å²) in [5, 5.41) is 8.90. The second-order valence-electron chi connectivity index (χ2n) is 3.02. The van der Waals surface area contributed by atoms with Crippen LogP contribution in [0.2, 0.25) is 0 Å². The molecular weight excluding hydrogens is 208 g/mol. The first-order valence-electron chi connectivity index (χ1n) is 4.57. The number of esters is 1. The molecule has 0 aliphatic rings. The number of hydrogen-bond acceptors (Lipinski definition) is 5. The van der Waals surface area contributed by atoms with Crippen LogP contribution in [0.1, 0.15) is 21.5 Å². The van der Waals surface area contributed by atoms with Gasteiger partial charge in [0.15, 0.2) is 0 Å². The fraction of sp³-hybridized carbons (Fsp3) is 0.273. The lowest BCUT2D eigenvalue weighted by atomic mass is 10.0.